The summed E-state index contributed by atoms with van der Waals surface area (Å²) >= 11 is 2.71. The molecule has 1 saturated heterocycles. The Hall–Kier alpha value is -2.59. The number of nitrogens with one attached hydrogen (secondary N) is 1. The molecule has 1 aromatic carbocycles. The van der Waals surface area contributed by atoms with Crippen molar-refractivity contribution >= 4 is 40.9 Å². The highest BCUT2D eigenvalue weighted by atomic mass is 32.2. The van der Waals surface area contributed by atoms with Gasteiger partial charge in [-0.3, -0.25) is 19.3 Å². The second kappa shape index (κ2) is 7.96. The van der Waals surface area contributed by atoms with Crippen LogP contribution in [0.3, 0.4) is 0 Å². The molecule has 8 nitrogen and oxygen atoms in total. The summed E-state index contributed by atoms with van der Waals surface area (Å²) in [7, 11) is 0. The summed E-state index contributed by atoms with van der Waals surface area (Å²) < 4.78 is 0. The van der Waals surface area contributed by atoms with Crippen molar-refractivity contribution in [1.29, 1.82) is 0 Å². The zero-order chi connectivity index (χ0) is 24.8. The number of para-hydroxylation sites is 1. The van der Waals surface area contributed by atoms with Gasteiger partial charge in [0.05, 0.1) is 16.9 Å². The molecule has 6 rings (SSSR count). The number of rotatable bonds is 5. The number of hydrogen-bond acceptors (Lipinski definition) is 7. The van der Waals surface area contributed by atoms with Crippen molar-refractivity contribution in [2.45, 2.75) is 48.9 Å². The largest absolute Gasteiger partial charge is 0.508 e. The van der Waals surface area contributed by atoms with Gasteiger partial charge in [0, 0.05) is 21.6 Å². The topological polar surface area (TPSA) is 128 Å². The quantitative estimate of drug-likeness (QED) is 0.523. The van der Waals surface area contributed by atoms with Crippen molar-refractivity contribution in [2.75, 3.05) is 0 Å². The number of H-pyrrole nitrogens is 1. The van der Waals surface area contributed by atoms with Crippen LogP contribution >= 0.6 is 23.1 Å². The Bertz CT molecular complexity index is 1300. The molecule has 4 aliphatic rings. The molecular formula is C25H26N2O6S2. The van der Waals surface area contributed by atoms with E-state index < -0.39 is 23.8 Å². The van der Waals surface area contributed by atoms with Gasteiger partial charge in [0.25, 0.3) is 0 Å². The first-order chi connectivity index (χ1) is 16.7. The summed E-state index contributed by atoms with van der Waals surface area (Å²) in [5.41, 5.74) is 0.722. The monoisotopic (exact) mass is 514 g/mol. The van der Waals surface area contributed by atoms with E-state index in [1.165, 1.54) is 0 Å². The van der Waals surface area contributed by atoms with Gasteiger partial charge >= 0.3 is 10.8 Å². The number of phenols is 1. The van der Waals surface area contributed by atoms with Gasteiger partial charge < -0.3 is 15.2 Å². The van der Waals surface area contributed by atoms with Crippen LogP contribution in [0.15, 0.2) is 34.1 Å². The van der Waals surface area contributed by atoms with Crippen molar-refractivity contribution in [3.05, 3.63) is 44.4 Å². The van der Waals surface area contributed by atoms with Gasteiger partial charge in [0.1, 0.15) is 11.8 Å². The first kappa shape index (κ1) is 22.8. The van der Waals surface area contributed by atoms with E-state index in [1.807, 2.05) is 26.0 Å². The molecule has 3 N–H and O–H groups in total. The number of aliphatic carboxylic acids is 1. The number of fused-ring (bicyclic) bond motifs is 9. The fourth-order valence-electron chi connectivity index (χ4n) is 7.21. The number of aromatic hydroxyl groups is 1. The first-order valence-electron chi connectivity index (χ1n) is 12.0. The lowest BCUT2D eigenvalue weighted by Crippen LogP contribution is -2.47. The average molecular weight is 515 g/mol. The fraction of sp³-hybridized carbons (Fsp3) is 0.520. The predicted octanol–water partition coefficient (Wildman–Crippen LogP) is 3.11. The number of imide groups is 1. The number of aromatic amines is 1. The van der Waals surface area contributed by atoms with Crippen LogP contribution in [0.4, 0.5) is 0 Å². The molecule has 0 spiro atoms. The van der Waals surface area contributed by atoms with Gasteiger partial charge in [0.2, 0.25) is 11.8 Å². The maximum absolute atomic E-state index is 13.7. The number of nitrogens with zero attached hydrogens (tertiary/aromatic N) is 1. The van der Waals surface area contributed by atoms with E-state index in [4.69, 9.17) is 0 Å². The van der Waals surface area contributed by atoms with E-state index in [0.29, 0.717) is 6.42 Å². The van der Waals surface area contributed by atoms with Crippen LogP contribution < -0.4 is 4.87 Å². The van der Waals surface area contributed by atoms with Crippen LogP contribution in [0.2, 0.25) is 0 Å². The Labute approximate surface area is 209 Å². The van der Waals surface area contributed by atoms with Gasteiger partial charge in [-0.25, -0.2) is 4.79 Å². The number of carboxylic acids is 1. The molecular weight excluding hydrogens is 488 g/mol. The Morgan fingerprint density at radius 1 is 1.14 bits per heavy atom. The van der Waals surface area contributed by atoms with E-state index in [-0.39, 0.29) is 63.7 Å². The maximum Gasteiger partial charge on any atom is 0.326 e. The molecule has 3 fully saturated rings. The van der Waals surface area contributed by atoms with Gasteiger partial charge in [-0.1, -0.05) is 43.4 Å². The smallest absolute Gasteiger partial charge is 0.326 e. The molecule has 2 amide bonds. The Morgan fingerprint density at radius 2 is 1.83 bits per heavy atom. The molecule has 0 radical (unpaired) electrons. The summed E-state index contributed by atoms with van der Waals surface area (Å²) in [6.07, 6.45) is 0.941. The summed E-state index contributed by atoms with van der Waals surface area (Å²) in [6, 6.07) is 5.95. The van der Waals surface area contributed by atoms with Crippen molar-refractivity contribution in [2.24, 2.45) is 35.5 Å². The van der Waals surface area contributed by atoms with Crippen LogP contribution in [0.1, 0.15) is 43.0 Å². The number of benzene rings is 1. The first-order valence-corrected chi connectivity index (χ1v) is 13.7. The molecule has 0 unspecified atom stereocenters. The standard InChI is InChI=1S/C25H26N2O6S2/c1-9(2)7-13(24(31)32)27-22(29)17-11-8-12(18(17)23(27)30)19-16(11)15(10-5-3-4-6-14(10)28)20-21(34-19)26-25(33)35-20/h3-6,9,11-13,15-19,28H,7-8H2,1-2H3,(H,26,33)(H,31,32)/t11-,12+,13+,15+,16+,17+,18+,19-/m1/s1. The van der Waals surface area contributed by atoms with E-state index in [0.717, 1.165) is 31.7 Å². The van der Waals surface area contributed by atoms with Crippen LogP contribution in [0.5, 0.6) is 5.75 Å². The maximum atomic E-state index is 13.7. The van der Waals surface area contributed by atoms with E-state index in [2.05, 4.69) is 4.98 Å². The third-order valence-electron chi connectivity index (χ3n) is 8.32. The van der Waals surface area contributed by atoms with E-state index in [9.17, 15) is 29.4 Å². The van der Waals surface area contributed by atoms with Gasteiger partial charge in [0.15, 0.2) is 0 Å². The number of carboxylic acid groups (broad SMARTS) is 1. The second-order valence-corrected chi connectivity index (χ2v) is 12.8. The molecule has 2 saturated carbocycles. The molecule has 2 bridgehead atoms. The van der Waals surface area contributed by atoms with Crippen LogP contribution in [0.25, 0.3) is 0 Å². The Morgan fingerprint density at radius 3 is 2.49 bits per heavy atom. The summed E-state index contributed by atoms with van der Waals surface area (Å²) in [5.74, 6) is -3.28. The van der Waals surface area contributed by atoms with Crippen LogP contribution in [-0.4, -0.2) is 49.2 Å². The zero-order valence-electron chi connectivity index (χ0n) is 19.2. The molecule has 184 valence electrons. The third-order valence-corrected chi connectivity index (χ3v) is 10.9. The second-order valence-electron chi connectivity index (χ2n) is 10.5. The Kier molecular flexibility index (Phi) is 5.20. The highest BCUT2D eigenvalue weighted by Gasteiger charge is 2.70. The van der Waals surface area contributed by atoms with Gasteiger partial charge in [-0.05, 0) is 42.6 Å². The van der Waals surface area contributed by atoms with E-state index in [1.54, 1.807) is 23.9 Å². The number of thiazole rings is 1. The number of thioether (sulfide) groups is 1. The lowest BCUT2D eigenvalue weighted by atomic mass is 9.68. The van der Waals surface area contributed by atoms with Crippen molar-refractivity contribution in [3.63, 3.8) is 0 Å². The third kappa shape index (κ3) is 3.18. The van der Waals surface area contributed by atoms with Crippen molar-refractivity contribution in [3.8, 4) is 5.75 Å². The molecule has 2 aliphatic heterocycles. The number of likely N-dealkylation sites (tertiary alicyclic amines) is 1. The number of aromatic nitrogens is 1. The Balaban J connectivity index is 1.43. The molecule has 8 atom stereocenters. The molecule has 1 aromatic heterocycles. The highest BCUT2D eigenvalue weighted by molar-refractivity contribution is 8.00. The van der Waals surface area contributed by atoms with Crippen LogP contribution in [0, 0.1) is 35.5 Å². The number of carbonyl (C=O) groups excluding carboxylic acids is 2. The van der Waals surface area contributed by atoms with Gasteiger partial charge in [-0.2, -0.15) is 0 Å². The molecule has 2 aliphatic carbocycles. The number of amides is 2. The molecule has 10 heteroatoms. The van der Waals surface area contributed by atoms with Crippen molar-refractivity contribution in [1.82, 2.24) is 9.88 Å². The minimum atomic E-state index is -1.15. The van der Waals surface area contributed by atoms with E-state index >= 15 is 0 Å². The number of phenolic OH excluding ortho intramolecular Hbond substituents is 1. The minimum Gasteiger partial charge on any atom is -0.508 e. The molecule has 3 heterocycles. The minimum absolute atomic E-state index is 0.00585. The predicted molar refractivity (Wildman–Crippen MR) is 129 cm³/mol. The fourth-order valence-corrected chi connectivity index (χ4v) is 10.1. The lowest BCUT2D eigenvalue weighted by Gasteiger charge is -2.43. The summed E-state index contributed by atoms with van der Waals surface area (Å²) in [4.78, 5) is 56.3. The lowest BCUT2D eigenvalue weighted by molar-refractivity contribution is -0.156. The average Bonchev–Trinajstić information content (AvgIpc) is 3.52. The highest BCUT2D eigenvalue weighted by Crippen LogP contribution is 2.69. The van der Waals surface area contributed by atoms with Crippen molar-refractivity contribution < 1.29 is 24.6 Å². The normalized spacial score (nSPS) is 33.7. The number of hydrogen-bond donors (Lipinski definition) is 3. The van der Waals surface area contributed by atoms with Crippen LogP contribution in [-0.2, 0) is 14.4 Å². The SMILES string of the molecule is CC(C)C[C@@H](C(=O)O)N1C(=O)[C@H]2[C@@H]3C[C@@H]([C@@H]2C1=O)[C@H]1[C@H](c2ccccc2O)c2sc(=O)[nH]c2S[C@H]31. The molecule has 2 aromatic rings. The number of carbonyl (C=O) groups is 3. The zero-order valence-corrected chi connectivity index (χ0v) is 20.8. The summed E-state index contributed by atoms with van der Waals surface area (Å²) in [6.45, 7) is 3.76. The molecule has 35 heavy (non-hydrogen) atoms. The summed E-state index contributed by atoms with van der Waals surface area (Å²) in [5, 5.41) is 21.4. The van der Waals surface area contributed by atoms with Gasteiger partial charge in [-0.15, -0.1) is 11.8 Å².